The van der Waals surface area contributed by atoms with Crippen molar-refractivity contribution < 1.29 is 9.18 Å². The first kappa shape index (κ1) is 23.1. The van der Waals surface area contributed by atoms with Gasteiger partial charge in [0.05, 0.1) is 22.6 Å². The molecule has 1 aromatic heterocycles. The first-order valence-electron chi connectivity index (χ1n) is 12.6. The number of carbonyl (C=O) groups excluding carboxylic acids is 1. The number of Topliss-reactive ketones (excluding diaryl/α,β-unsaturated/α-hetero) is 1. The van der Waals surface area contributed by atoms with Crippen LogP contribution in [-0.2, 0) is 16.6 Å². The Kier molecular flexibility index (Phi) is 5.42. The molecule has 0 N–H and O–H groups in total. The van der Waals surface area contributed by atoms with Gasteiger partial charge in [0.1, 0.15) is 11.9 Å². The minimum atomic E-state index is -0.597. The number of allylic oxidation sites excluding steroid dienone is 2. The Morgan fingerprint density at radius 1 is 1.00 bits per heavy atom. The summed E-state index contributed by atoms with van der Waals surface area (Å²) in [6.45, 7) is 4.02. The molecule has 0 saturated heterocycles. The Hall–Kier alpha value is -4.30. The molecule has 2 aliphatic carbocycles. The second-order valence-corrected chi connectivity index (χ2v) is 10.2. The lowest BCUT2D eigenvalue weighted by atomic mass is 9.57. The molecule has 2 aliphatic rings. The van der Waals surface area contributed by atoms with E-state index in [9.17, 15) is 10.1 Å². The average Bonchev–Trinajstić information content (AvgIpc) is 3.32. The molecular formula is C32H26FN3O. The molecule has 3 atom stereocenters. The first-order chi connectivity index (χ1) is 17.9. The van der Waals surface area contributed by atoms with Crippen LogP contribution in [0.4, 0.5) is 4.39 Å². The predicted octanol–water partition coefficient (Wildman–Crippen LogP) is 6.83. The Morgan fingerprint density at radius 2 is 1.68 bits per heavy atom. The number of rotatable bonds is 3. The highest BCUT2D eigenvalue weighted by Crippen LogP contribution is 2.52. The summed E-state index contributed by atoms with van der Waals surface area (Å²) in [4.78, 5) is 12.9. The predicted molar refractivity (Wildman–Crippen MR) is 141 cm³/mol. The Bertz CT molecular complexity index is 1590. The topological polar surface area (TPSA) is 58.7 Å². The quantitative estimate of drug-likeness (QED) is 0.318. The van der Waals surface area contributed by atoms with E-state index in [4.69, 9.17) is 5.10 Å². The molecule has 0 saturated carbocycles. The molecule has 0 fully saturated rings. The van der Waals surface area contributed by atoms with Crippen molar-refractivity contribution in [3.05, 3.63) is 108 Å². The maximum atomic E-state index is 15.0. The number of hydrogen-bond donors (Lipinski definition) is 0. The lowest BCUT2D eigenvalue weighted by Crippen LogP contribution is -2.46. The molecule has 3 aromatic carbocycles. The van der Waals surface area contributed by atoms with Crippen LogP contribution in [0, 0.1) is 29.0 Å². The van der Waals surface area contributed by atoms with E-state index in [2.05, 4.69) is 37.3 Å². The highest BCUT2D eigenvalue weighted by molar-refractivity contribution is 6.02. The fourth-order valence-corrected chi connectivity index (χ4v) is 6.33. The van der Waals surface area contributed by atoms with Gasteiger partial charge < -0.3 is 0 Å². The van der Waals surface area contributed by atoms with Gasteiger partial charge >= 0.3 is 0 Å². The molecule has 1 heterocycles. The molecule has 37 heavy (non-hydrogen) atoms. The molecule has 6 rings (SSSR count). The molecule has 4 nitrogen and oxygen atoms in total. The molecular weight excluding hydrogens is 461 g/mol. The van der Waals surface area contributed by atoms with Gasteiger partial charge in [-0.2, -0.15) is 10.4 Å². The van der Waals surface area contributed by atoms with Crippen LogP contribution < -0.4 is 0 Å². The third-order valence-electron chi connectivity index (χ3n) is 8.16. The number of hydrogen-bond acceptors (Lipinski definition) is 3. The van der Waals surface area contributed by atoms with E-state index >= 15 is 4.39 Å². The lowest BCUT2D eigenvalue weighted by Gasteiger charge is -2.45. The van der Waals surface area contributed by atoms with E-state index in [-0.39, 0.29) is 29.0 Å². The third kappa shape index (κ3) is 3.55. The number of halogens is 1. The van der Waals surface area contributed by atoms with E-state index in [1.165, 1.54) is 6.07 Å². The van der Waals surface area contributed by atoms with E-state index in [0.29, 0.717) is 17.7 Å². The minimum Gasteiger partial charge on any atom is -0.293 e. The number of nitriles is 1. The Labute approximate surface area is 215 Å². The van der Waals surface area contributed by atoms with Gasteiger partial charge in [0.2, 0.25) is 0 Å². The van der Waals surface area contributed by atoms with Gasteiger partial charge in [0, 0.05) is 22.5 Å². The van der Waals surface area contributed by atoms with E-state index in [0.717, 1.165) is 34.5 Å². The van der Waals surface area contributed by atoms with E-state index < -0.39 is 5.41 Å². The van der Waals surface area contributed by atoms with Crippen LogP contribution in [-0.4, -0.2) is 15.6 Å². The number of aromatic nitrogens is 2. The molecule has 0 bridgehead atoms. The van der Waals surface area contributed by atoms with Crippen molar-refractivity contribution >= 4 is 5.78 Å². The molecule has 0 aliphatic heterocycles. The van der Waals surface area contributed by atoms with Crippen LogP contribution in [0.3, 0.4) is 0 Å². The van der Waals surface area contributed by atoms with Crippen LogP contribution in [0.15, 0.2) is 90.5 Å². The summed E-state index contributed by atoms with van der Waals surface area (Å²) in [6.07, 6.45) is 3.29. The zero-order chi connectivity index (χ0) is 25.7. The van der Waals surface area contributed by atoms with Gasteiger partial charge in [-0.25, -0.2) is 9.07 Å². The number of benzene rings is 3. The van der Waals surface area contributed by atoms with Crippen LogP contribution in [0.1, 0.15) is 31.5 Å². The highest BCUT2D eigenvalue weighted by atomic mass is 19.1. The second-order valence-electron chi connectivity index (χ2n) is 10.2. The van der Waals surface area contributed by atoms with Crippen molar-refractivity contribution in [2.45, 2.75) is 32.1 Å². The largest absolute Gasteiger partial charge is 0.293 e. The number of ketones is 1. The summed E-state index contributed by atoms with van der Waals surface area (Å²) in [5.74, 6) is -0.668. The molecule has 0 amide bonds. The zero-order valence-electron chi connectivity index (χ0n) is 20.8. The summed E-state index contributed by atoms with van der Waals surface area (Å²) in [5.41, 5.74) is 5.66. The van der Waals surface area contributed by atoms with Crippen LogP contribution in [0.25, 0.3) is 28.1 Å². The van der Waals surface area contributed by atoms with Crippen molar-refractivity contribution in [2.24, 2.45) is 11.8 Å². The monoisotopic (exact) mass is 487 g/mol. The van der Waals surface area contributed by atoms with Gasteiger partial charge in [-0.3, -0.25) is 4.79 Å². The molecule has 0 spiro atoms. The second kappa shape index (κ2) is 8.67. The summed E-state index contributed by atoms with van der Waals surface area (Å²) in [6, 6.07) is 27.2. The van der Waals surface area contributed by atoms with E-state index in [1.807, 2.05) is 54.1 Å². The van der Waals surface area contributed by atoms with Crippen molar-refractivity contribution in [1.29, 1.82) is 5.26 Å². The highest BCUT2D eigenvalue weighted by Gasteiger charge is 2.50. The van der Waals surface area contributed by atoms with Crippen molar-refractivity contribution in [3.63, 3.8) is 0 Å². The van der Waals surface area contributed by atoms with Gasteiger partial charge in [-0.15, -0.1) is 0 Å². The fourth-order valence-electron chi connectivity index (χ4n) is 6.33. The number of nitrogens with zero attached hydrogens (tertiary/aromatic N) is 3. The summed E-state index contributed by atoms with van der Waals surface area (Å²) < 4.78 is 16.9. The average molecular weight is 488 g/mol. The standard InChI is InChI=1S/C32H26FN3O/c1-20-27-17-16-26-29(25-10-6-7-11-28(25)33)35-36(31(26)32(27,2)18-23(19-34)30(20)37)24-14-12-22(13-15-24)21-8-4-3-5-9-21/h3-15,18,20,27H,16-17H2,1-2H3/t20-,27-,32-/m1/s1. The molecule has 0 unspecified atom stereocenters. The molecule has 4 aromatic rings. The Balaban J connectivity index is 1.59. The minimum absolute atomic E-state index is 0.0251. The number of fused-ring (bicyclic) bond motifs is 3. The van der Waals surface area contributed by atoms with Crippen molar-refractivity contribution in [1.82, 2.24) is 9.78 Å². The van der Waals surface area contributed by atoms with Gasteiger partial charge in [0.15, 0.2) is 5.78 Å². The summed E-state index contributed by atoms with van der Waals surface area (Å²) in [7, 11) is 0. The fraction of sp³-hybridized carbons (Fsp3) is 0.219. The zero-order valence-corrected chi connectivity index (χ0v) is 20.8. The molecule has 182 valence electrons. The van der Waals surface area contributed by atoms with Crippen LogP contribution >= 0.6 is 0 Å². The van der Waals surface area contributed by atoms with Crippen molar-refractivity contribution in [2.75, 3.05) is 0 Å². The first-order valence-corrected chi connectivity index (χ1v) is 12.6. The third-order valence-corrected chi connectivity index (χ3v) is 8.16. The maximum Gasteiger partial charge on any atom is 0.176 e. The van der Waals surface area contributed by atoms with Crippen LogP contribution in [0.2, 0.25) is 0 Å². The van der Waals surface area contributed by atoms with Gasteiger partial charge in [-0.1, -0.05) is 74.5 Å². The van der Waals surface area contributed by atoms with E-state index in [1.54, 1.807) is 12.1 Å². The van der Waals surface area contributed by atoms with Gasteiger partial charge in [-0.05, 0) is 54.2 Å². The van der Waals surface area contributed by atoms with Gasteiger partial charge in [0.25, 0.3) is 0 Å². The molecule has 0 radical (unpaired) electrons. The van der Waals surface area contributed by atoms with Crippen molar-refractivity contribution in [3.8, 4) is 34.1 Å². The van der Waals surface area contributed by atoms with Crippen LogP contribution in [0.5, 0.6) is 0 Å². The number of carbonyl (C=O) groups is 1. The molecule has 5 heteroatoms. The smallest absolute Gasteiger partial charge is 0.176 e. The Morgan fingerprint density at radius 3 is 2.38 bits per heavy atom. The normalized spacial score (nSPS) is 22.5. The maximum absolute atomic E-state index is 15.0. The summed E-state index contributed by atoms with van der Waals surface area (Å²) in [5, 5.41) is 14.8. The lowest BCUT2D eigenvalue weighted by molar-refractivity contribution is -0.121. The summed E-state index contributed by atoms with van der Waals surface area (Å²) >= 11 is 0. The SMILES string of the molecule is C[C@H]1C(=O)C(C#N)=C[C@@]2(C)c3c(c(-c4ccccc4F)nn3-c3ccc(-c4ccccc4)cc3)CC[C@H]12.